The molecule has 2 rings (SSSR count). The van der Waals surface area contributed by atoms with Crippen LogP contribution in [-0.4, -0.2) is 26.4 Å². The number of aryl methyl sites for hydroxylation is 2. The second-order valence-corrected chi connectivity index (χ2v) is 4.62. The van der Waals surface area contributed by atoms with E-state index in [1.165, 1.54) is 6.33 Å². The summed E-state index contributed by atoms with van der Waals surface area (Å²) in [6.07, 6.45) is 2.54. The monoisotopic (exact) mass is 234 g/mol. The van der Waals surface area contributed by atoms with Crippen LogP contribution < -0.4 is 4.74 Å². The van der Waals surface area contributed by atoms with E-state index in [1.54, 1.807) is 4.68 Å². The van der Waals surface area contributed by atoms with Crippen LogP contribution in [0.1, 0.15) is 26.0 Å². The Hall–Kier alpha value is -1.65. The maximum atomic E-state index is 5.72. The third kappa shape index (κ3) is 2.38. The molecule has 0 amide bonds. The van der Waals surface area contributed by atoms with Gasteiger partial charge in [-0.25, -0.2) is 14.6 Å². The van der Waals surface area contributed by atoms with Crippen molar-refractivity contribution in [2.45, 2.75) is 27.2 Å². The summed E-state index contributed by atoms with van der Waals surface area (Å²) >= 11 is 0. The van der Waals surface area contributed by atoms with Gasteiger partial charge in [-0.3, -0.25) is 0 Å². The second kappa shape index (κ2) is 4.69. The smallest absolute Gasteiger partial charge is 0.228 e. The predicted octanol–water partition coefficient (Wildman–Crippen LogP) is 2.10. The van der Waals surface area contributed by atoms with Gasteiger partial charge in [0.15, 0.2) is 5.65 Å². The van der Waals surface area contributed by atoms with Crippen molar-refractivity contribution in [1.29, 1.82) is 0 Å². The van der Waals surface area contributed by atoms with Crippen molar-refractivity contribution in [1.82, 2.24) is 19.7 Å². The predicted molar refractivity (Wildman–Crippen MR) is 66.0 cm³/mol. The molecule has 0 atom stereocenters. The first-order valence-electron chi connectivity index (χ1n) is 5.86. The summed E-state index contributed by atoms with van der Waals surface area (Å²) in [5.74, 6) is 1.27. The lowest BCUT2D eigenvalue weighted by Crippen LogP contribution is -2.03. The molecule has 0 aliphatic carbocycles. The van der Waals surface area contributed by atoms with Gasteiger partial charge in [0.25, 0.3) is 0 Å². The molecule has 0 saturated heterocycles. The van der Waals surface area contributed by atoms with Gasteiger partial charge in [0.2, 0.25) is 5.88 Å². The van der Waals surface area contributed by atoms with Crippen LogP contribution in [0.5, 0.6) is 5.88 Å². The molecule has 0 fully saturated rings. The zero-order chi connectivity index (χ0) is 12.4. The van der Waals surface area contributed by atoms with E-state index in [1.807, 2.05) is 14.0 Å². The van der Waals surface area contributed by atoms with Gasteiger partial charge >= 0.3 is 0 Å². The fraction of sp³-hybridized carbons (Fsp3) is 0.583. The molecule has 0 unspecified atom stereocenters. The van der Waals surface area contributed by atoms with E-state index >= 15 is 0 Å². The molecular weight excluding hydrogens is 216 g/mol. The van der Waals surface area contributed by atoms with E-state index in [0.29, 0.717) is 18.4 Å². The first-order chi connectivity index (χ1) is 8.09. The van der Waals surface area contributed by atoms with Gasteiger partial charge in [-0.05, 0) is 19.3 Å². The molecule has 17 heavy (non-hydrogen) atoms. The van der Waals surface area contributed by atoms with Crippen LogP contribution in [0.3, 0.4) is 0 Å². The Morgan fingerprint density at radius 2 is 2.12 bits per heavy atom. The van der Waals surface area contributed by atoms with Crippen molar-refractivity contribution >= 4 is 11.0 Å². The fourth-order valence-corrected chi connectivity index (χ4v) is 1.75. The standard InChI is InChI=1S/C12H18N4O/c1-8(2)5-6-17-12-10-9(3)15-16(4)11(10)13-7-14-12/h7-8H,5-6H2,1-4H3. The van der Waals surface area contributed by atoms with Crippen LogP contribution in [0.15, 0.2) is 6.33 Å². The Morgan fingerprint density at radius 3 is 2.82 bits per heavy atom. The lowest BCUT2D eigenvalue weighted by atomic mass is 10.1. The minimum atomic E-state index is 0.627. The summed E-state index contributed by atoms with van der Waals surface area (Å²) in [4.78, 5) is 8.41. The summed E-state index contributed by atoms with van der Waals surface area (Å²) in [5, 5.41) is 5.24. The maximum absolute atomic E-state index is 5.72. The van der Waals surface area contributed by atoms with Crippen LogP contribution in [0.4, 0.5) is 0 Å². The molecule has 0 aromatic carbocycles. The van der Waals surface area contributed by atoms with Crippen molar-refractivity contribution in [2.75, 3.05) is 6.61 Å². The third-order valence-electron chi connectivity index (χ3n) is 2.69. The molecule has 5 heteroatoms. The third-order valence-corrected chi connectivity index (χ3v) is 2.69. The van der Waals surface area contributed by atoms with Crippen LogP contribution in [-0.2, 0) is 7.05 Å². The molecular formula is C12H18N4O. The quantitative estimate of drug-likeness (QED) is 0.813. The van der Waals surface area contributed by atoms with E-state index in [9.17, 15) is 0 Å². The van der Waals surface area contributed by atoms with Gasteiger partial charge in [0, 0.05) is 7.05 Å². The molecule has 0 saturated carbocycles. The lowest BCUT2D eigenvalue weighted by molar-refractivity contribution is 0.282. The molecule has 0 spiro atoms. The molecule has 2 aromatic heterocycles. The molecule has 2 aromatic rings. The summed E-state index contributed by atoms with van der Waals surface area (Å²) in [5.41, 5.74) is 1.72. The van der Waals surface area contributed by atoms with E-state index in [-0.39, 0.29) is 0 Å². The van der Waals surface area contributed by atoms with E-state index in [2.05, 4.69) is 28.9 Å². The Balaban J connectivity index is 2.28. The molecule has 0 aliphatic heterocycles. The molecule has 5 nitrogen and oxygen atoms in total. The molecule has 0 N–H and O–H groups in total. The highest BCUT2D eigenvalue weighted by Gasteiger charge is 2.13. The zero-order valence-corrected chi connectivity index (χ0v) is 10.8. The lowest BCUT2D eigenvalue weighted by Gasteiger charge is -2.07. The van der Waals surface area contributed by atoms with Crippen molar-refractivity contribution in [2.24, 2.45) is 13.0 Å². The Kier molecular flexibility index (Phi) is 3.26. The van der Waals surface area contributed by atoms with Crippen LogP contribution in [0, 0.1) is 12.8 Å². The summed E-state index contributed by atoms with van der Waals surface area (Å²) < 4.78 is 7.47. The van der Waals surface area contributed by atoms with E-state index in [4.69, 9.17) is 4.74 Å². The summed E-state index contributed by atoms with van der Waals surface area (Å²) in [6, 6.07) is 0. The average molecular weight is 234 g/mol. The topological polar surface area (TPSA) is 52.8 Å². The van der Waals surface area contributed by atoms with E-state index < -0.39 is 0 Å². The van der Waals surface area contributed by atoms with Gasteiger partial charge in [-0.2, -0.15) is 5.10 Å². The number of aromatic nitrogens is 4. The van der Waals surface area contributed by atoms with Gasteiger partial charge in [0.05, 0.1) is 12.3 Å². The minimum absolute atomic E-state index is 0.627. The first kappa shape index (κ1) is 11.8. The highest BCUT2D eigenvalue weighted by atomic mass is 16.5. The van der Waals surface area contributed by atoms with Gasteiger partial charge < -0.3 is 4.74 Å². The fourth-order valence-electron chi connectivity index (χ4n) is 1.75. The Labute approximate surface area is 101 Å². The van der Waals surface area contributed by atoms with Crippen molar-refractivity contribution in [3.63, 3.8) is 0 Å². The number of fused-ring (bicyclic) bond motifs is 1. The second-order valence-electron chi connectivity index (χ2n) is 4.62. The van der Waals surface area contributed by atoms with Gasteiger partial charge in [-0.1, -0.05) is 13.8 Å². The van der Waals surface area contributed by atoms with Crippen molar-refractivity contribution in [3.05, 3.63) is 12.0 Å². The number of nitrogens with zero attached hydrogens (tertiary/aromatic N) is 4. The minimum Gasteiger partial charge on any atom is -0.477 e. The van der Waals surface area contributed by atoms with Crippen LogP contribution in [0.25, 0.3) is 11.0 Å². The number of hydrogen-bond donors (Lipinski definition) is 0. The maximum Gasteiger partial charge on any atom is 0.228 e. The van der Waals surface area contributed by atoms with Crippen LogP contribution in [0.2, 0.25) is 0 Å². The highest BCUT2D eigenvalue weighted by Crippen LogP contribution is 2.24. The van der Waals surface area contributed by atoms with Crippen molar-refractivity contribution < 1.29 is 4.74 Å². The summed E-state index contributed by atoms with van der Waals surface area (Å²) in [6.45, 7) is 6.97. The largest absolute Gasteiger partial charge is 0.477 e. The van der Waals surface area contributed by atoms with Crippen molar-refractivity contribution in [3.8, 4) is 5.88 Å². The van der Waals surface area contributed by atoms with Gasteiger partial charge in [-0.15, -0.1) is 0 Å². The normalized spacial score (nSPS) is 11.4. The molecule has 92 valence electrons. The van der Waals surface area contributed by atoms with Crippen LogP contribution >= 0.6 is 0 Å². The number of rotatable bonds is 4. The Bertz CT molecular complexity index is 518. The van der Waals surface area contributed by atoms with E-state index in [0.717, 1.165) is 23.1 Å². The average Bonchev–Trinajstić information content (AvgIpc) is 2.55. The SMILES string of the molecule is Cc1nn(C)c2ncnc(OCCC(C)C)c12. The zero-order valence-electron chi connectivity index (χ0n) is 10.8. The Morgan fingerprint density at radius 1 is 1.35 bits per heavy atom. The highest BCUT2D eigenvalue weighted by molar-refractivity contribution is 5.83. The molecule has 0 aliphatic rings. The number of hydrogen-bond acceptors (Lipinski definition) is 4. The number of ether oxygens (including phenoxy) is 1. The first-order valence-corrected chi connectivity index (χ1v) is 5.86. The molecule has 0 radical (unpaired) electrons. The molecule has 0 bridgehead atoms. The van der Waals surface area contributed by atoms with Gasteiger partial charge in [0.1, 0.15) is 11.7 Å². The molecule has 2 heterocycles. The summed E-state index contributed by atoms with van der Waals surface area (Å²) in [7, 11) is 1.88.